The van der Waals surface area contributed by atoms with Gasteiger partial charge in [0.05, 0.1) is 18.1 Å². The quantitative estimate of drug-likeness (QED) is 0.454. The molecule has 0 bridgehead atoms. The lowest BCUT2D eigenvalue weighted by Gasteiger charge is -2.33. The Kier molecular flexibility index (Phi) is 6.64. The maximum Gasteiger partial charge on any atom is 0.313 e. The van der Waals surface area contributed by atoms with E-state index in [1.807, 2.05) is 50.2 Å². The lowest BCUT2D eigenvalue weighted by atomic mass is 9.81. The number of hydrogen-bond acceptors (Lipinski definition) is 3. The molecule has 3 aromatic carbocycles. The van der Waals surface area contributed by atoms with Gasteiger partial charge in [0.2, 0.25) is 5.91 Å². The van der Waals surface area contributed by atoms with E-state index in [1.54, 1.807) is 6.92 Å². The molecule has 170 valence electrons. The minimum absolute atomic E-state index is 0.0444. The maximum atomic E-state index is 12.4. The van der Waals surface area contributed by atoms with Crippen LogP contribution in [-0.2, 0) is 26.3 Å². The molecule has 1 aliphatic rings. The standard InChI is InChI=1S/C29H31NO3/c1-4-23(28(32)33-5-2)22-16-14-21(15-17-22)18-19-29(30-20(3)31)26-12-8-6-10-24(26)25-11-7-9-13-27(25)29/h6-17,23H,4-5,18-19H2,1-3H3,(H,30,31). The van der Waals surface area contributed by atoms with E-state index in [9.17, 15) is 9.59 Å². The van der Waals surface area contributed by atoms with Crippen molar-refractivity contribution in [3.63, 3.8) is 0 Å². The number of hydrogen-bond donors (Lipinski definition) is 1. The molecule has 4 nitrogen and oxygen atoms in total. The van der Waals surface area contributed by atoms with E-state index in [2.05, 4.69) is 41.7 Å². The van der Waals surface area contributed by atoms with E-state index in [0.29, 0.717) is 13.0 Å². The number of carbonyl (C=O) groups is 2. The van der Waals surface area contributed by atoms with Crippen molar-refractivity contribution in [2.45, 2.75) is 51.5 Å². The van der Waals surface area contributed by atoms with Crippen LogP contribution >= 0.6 is 0 Å². The second kappa shape index (κ2) is 9.62. The van der Waals surface area contributed by atoms with Crippen LogP contribution in [0.2, 0.25) is 0 Å². The summed E-state index contributed by atoms with van der Waals surface area (Å²) in [5.41, 5.74) is 6.23. The number of carbonyl (C=O) groups excluding carboxylic acids is 2. The first kappa shape index (κ1) is 22.8. The summed E-state index contributed by atoms with van der Waals surface area (Å²) >= 11 is 0. The van der Waals surface area contributed by atoms with Gasteiger partial charge in [0.15, 0.2) is 0 Å². The Bertz CT molecular complexity index is 1100. The summed E-state index contributed by atoms with van der Waals surface area (Å²) in [4.78, 5) is 24.6. The van der Waals surface area contributed by atoms with Gasteiger partial charge >= 0.3 is 5.97 Å². The van der Waals surface area contributed by atoms with Crippen molar-refractivity contribution in [1.82, 2.24) is 5.32 Å². The predicted octanol–water partition coefficient (Wildman–Crippen LogP) is 5.74. The fourth-order valence-corrected chi connectivity index (χ4v) is 5.12. The molecule has 0 aromatic heterocycles. The van der Waals surface area contributed by atoms with Crippen molar-refractivity contribution in [2.24, 2.45) is 0 Å². The Morgan fingerprint density at radius 3 is 1.97 bits per heavy atom. The van der Waals surface area contributed by atoms with Gasteiger partial charge in [0.25, 0.3) is 0 Å². The van der Waals surface area contributed by atoms with Crippen LogP contribution in [0.4, 0.5) is 0 Å². The molecule has 0 saturated heterocycles. The molecule has 0 aliphatic heterocycles. The average Bonchev–Trinajstić information content (AvgIpc) is 3.09. The van der Waals surface area contributed by atoms with Crippen molar-refractivity contribution < 1.29 is 14.3 Å². The molecule has 33 heavy (non-hydrogen) atoms. The first-order valence-corrected chi connectivity index (χ1v) is 11.7. The van der Waals surface area contributed by atoms with Gasteiger partial charge in [-0.1, -0.05) is 79.7 Å². The van der Waals surface area contributed by atoms with Crippen LogP contribution in [-0.4, -0.2) is 18.5 Å². The monoisotopic (exact) mass is 441 g/mol. The highest BCUT2D eigenvalue weighted by Crippen LogP contribution is 2.49. The van der Waals surface area contributed by atoms with Gasteiger partial charge < -0.3 is 10.1 Å². The van der Waals surface area contributed by atoms with Crippen molar-refractivity contribution >= 4 is 11.9 Å². The molecule has 4 rings (SSSR count). The molecule has 0 radical (unpaired) electrons. The third-order valence-corrected chi connectivity index (χ3v) is 6.60. The summed E-state index contributed by atoms with van der Waals surface area (Å²) in [5, 5.41) is 3.31. The van der Waals surface area contributed by atoms with Gasteiger partial charge in [-0.25, -0.2) is 0 Å². The highest BCUT2D eigenvalue weighted by atomic mass is 16.5. The number of benzene rings is 3. The topological polar surface area (TPSA) is 55.4 Å². The smallest absolute Gasteiger partial charge is 0.313 e. The molecule has 1 N–H and O–H groups in total. The van der Waals surface area contributed by atoms with Crippen LogP contribution in [0.5, 0.6) is 0 Å². The summed E-state index contributed by atoms with van der Waals surface area (Å²) in [6, 6.07) is 24.9. The SMILES string of the molecule is CCOC(=O)C(CC)c1ccc(CCC2(NC(C)=O)c3ccccc3-c3ccccc32)cc1. The largest absolute Gasteiger partial charge is 0.466 e. The van der Waals surface area contributed by atoms with E-state index in [1.165, 1.54) is 16.7 Å². The average molecular weight is 442 g/mol. The van der Waals surface area contributed by atoms with Crippen LogP contribution in [0, 0.1) is 0 Å². The Morgan fingerprint density at radius 2 is 1.45 bits per heavy atom. The Hall–Kier alpha value is -3.40. The normalized spacial score (nSPS) is 14.2. The highest BCUT2D eigenvalue weighted by Gasteiger charge is 2.43. The maximum absolute atomic E-state index is 12.4. The Balaban J connectivity index is 1.63. The molecule has 4 heteroatoms. The fraction of sp³-hybridized carbons (Fsp3) is 0.310. The molecule has 0 saturated carbocycles. The summed E-state index contributed by atoms with van der Waals surface area (Å²) < 4.78 is 5.23. The van der Waals surface area contributed by atoms with E-state index >= 15 is 0 Å². The number of aryl methyl sites for hydroxylation is 1. The van der Waals surface area contributed by atoms with E-state index < -0.39 is 5.54 Å². The summed E-state index contributed by atoms with van der Waals surface area (Å²) in [5.74, 6) is -0.452. The highest BCUT2D eigenvalue weighted by molar-refractivity contribution is 5.84. The first-order chi connectivity index (χ1) is 16.0. The van der Waals surface area contributed by atoms with Gasteiger partial charge in [0, 0.05) is 6.92 Å². The molecule has 3 aromatic rings. The van der Waals surface area contributed by atoms with Gasteiger partial charge in [0.1, 0.15) is 0 Å². The Labute approximate surface area is 196 Å². The van der Waals surface area contributed by atoms with E-state index in [-0.39, 0.29) is 17.8 Å². The van der Waals surface area contributed by atoms with Gasteiger partial charge in [-0.2, -0.15) is 0 Å². The molecule has 0 spiro atoms. The van der Waals surface area contributed by atoms with Crippen LogP contribution < -0.4 is 5.32 Å². The number of esters is 1. The molecule has 1 aliphatic carbocycles. The minimum Gasteiger partial charge on any atom is -0.466 e. The van der Waals surface area contributed by atoms with Crippen molar-refractivity contribution in [3.05, 3.63) is 95.1 Å². The lowest BCUT2D eigenvalue weighted by Crippen LogP contribution is -2.45. The molecule has 1 amide bonds. The third-order valence-electron chi connectivity index (χ3n) is 6.60. The third kappa shape index (κ3) is 4.30. The second-order valence-electron chi connectivity index (χ2n) is 8.63. The molecule has 0 heterocycles. The number of ether oxygens (including phenoxy) is 1. The second-order valence-corrected chi connectivity index (χ2v) is 8.63. The lowest BCUT2D eigenvalue weighted by molar-refractivity contribution is -0.145. The van der Waals surface area contributed by atoms with E-state index in [0.717, 1.165) is 29.5 Å². The first-order valence-electron chi connectivity index (χ1n) is 11.7. The van der Waals surface area contributed by atoms with Crippen molar-refractivity contribution in [3.8, 4) is 11.1 Å². The molecule has 1 atom stereocenters. The zero-order valence-electron chi connectivity index (χ0n) is 19.6. The van der Waals surface area contributed by atoms with Gasteiger partial charge in [-0.15, -0.1) is 0 Å². The number of nitrogens with one attached hydrogen (secondary N) is 1. The molecule has 1 unspecified atom stereocenters. The number of amides is 1. The van der Waals surface area contributed by atoms with E-state index in [4.69, 9.17) is 4.74 Å². The zero-order chi connectivity index (χ0) is 23.4. The summed E-state index contributed by atoms with van der Waals surface area (Å²) in [6.07, 6.45) is 2.24. The van der Waals surface area contributed by atoms with Crippen LogP contribution in [0.25, 0.3) is 11.1 Å². The molecular weight excluding hydrogens is 410 g/mol. The zero-order valence-corrected chi connectivity index (χ0v) is 19.6. The van der Waals surface area contributed by atoms with Gasteiger partial charge in [-0.05, 0) is 59.6 Å². The Morgan fingerprint density at radius 1 is 0.879 bits per heavy atom. The number of rotatable bonds is 8. The van der Waals surface area contributed by atoms with Crippen molar-refractivity contribution in [1.29, 1.82) is 0 Å². The summed E-state index contributed by atoms with van der Waals surface area (Å²) in [6.45, 7) is 5.81. The minimum atomic E-state index is -0.561. The molecule has 0 fully saturated rings. The number of fused-ring (bicyclic) bond motifs is 3. The van der Waals surface area contributed by atoms with Crippen LogP contribution in [0.3, 0.4) is 0 Å². The summed E-state index contributed by atoms with van der Waals surface area (Å²) in [7, 11) is 0. The van der Waals surface area contributed by atoms with Gasteiger partial charge in [-0.3, -0.25) is 9.59 Å². The van der Waals surface area contributed by atoms with Crippen LogP contribution in [0.1, 0.15) is 61.8 Å². The predicted molar refractivity (Wildman–Crippen MR) is 131 cm³/mol. The fourth-order valence-electron chi connectivity index (χ4n) is 5.12. The molecular formula is C29H31NO3. The van der Waals surface area contributed by atoms with Crippen LogP contribution in [0.15, 0.2) is 72.8 Å². The van der Waals surface area contributed by atoms with Crippen molar-refractivity contribution in [2.75, 3.05) is 6.61 Å².